The Kier molecular flexibility index (Phi) is 4.93. The lowest BCUT2D eigenvalue weighted by Crippen LogP contribution is -2.36. The molecule has 0 bridgehead atoms. The summed E-state index contributed by atoms with van der Waals surface area (Å²) in [6.07, 6.45) is 1.75. The van der Waals surface area contributed by atoms with Crippen LogP contribution in [-0.4, -0.2) is 35.0 Å². The van der Waals surface area contributed by atoms with E-state index >= 15 is 0 Å². The molecule has 1 unspecified atom stereocenters. The molecule has 4 heteroatoms. The van der Waals surface area contributed by atoms with Crippen molar-refractivity contribution in [2.24, 2.45) is 23.7 Å². The minimum atomic E-state index is -0.877. The Morgan fingerprint density at radius 3 is 2.54 bits per heavy atom. The number of carbonyl (C=O) groups is 2. The number of carboxylic acids is 1. The first-order valence-corrected chi connectivity index (χ1v) is 9.01. The first kappa shape index (κ1) is 17.0. The number of carbonyl (C=O) groups excluding carboxylic acids is 1. The van der Waals surface area contributed by atoms with Gasteiger partial charge in [-0.25, -0.2) is 0 Å². The molecule has 0 radical (unpaired) electrons. The van der Waals surface area contributed by atoms with Crippen molar-refractivity contribution in [1.82, 2.24) is 4.90 Å². The number of hydrogen-bond acceptors (Lipinski definition) is 2. The van der Waals surface area contributed by atoms with Crippen LogP contribution in [0.3, 0.4) is 0 Å². The molecule has 2 fully saturated rings. The smallest absolute Gasteiger partial charge is 0.304 e. The lowest BCUT2D eigenvalue weighted by Gasteiger charge is -2.39. The zero-order valence-corrected chi connectivity index (χ0v) is 14.5. The average Bonchev–Trinajstić information content (AvgIpc) is 2.83. The Morgan fingerprint density at radius 1 is 1.21 bits per heavy atom. The van der Waals surface area contributed by atoms with Crippen LogP contribution in [0.2, 0.25) is 0 Å². The molecule has 1 saturated carbocycles. The maximum absolute atomic E-state index is 12.8. The van der Waals surface area contributed by atoms with Crippen LogP contribution in [-0.2, 0) is 9.59 Å². The number of nitrogens with zero attached hydrogens (tertiary/aromatic N) is 1. The SMILES string of the molecule is CC(C)CC(CC(=O)O)C(=O)N1C[C@@H]2C[C@@H](c3ccccc3)[C@@H]2C1. The summed E-state index contributed by atoms with van der Waals surface area (Å²) in [6.45, 7) is 5.68. The molecule has 2 aliphatic rings. The standard InChI is InChI=1S/C20H27NO3/c1-13(2)8-15(10-19(22)23)20(24)21-11-16-9-17(18(16)12-21)14-6-4-3-5-7-14/h3-7,13,15-18H,8-12H2,1-2H3,(H,22,23)/t15?,16-,17-,18+/m0/s1. The predicted molar refractivity (Wildman–Crippen MR) is 92.6 cm³/mol. The van der Waals surface area contributed by atoms with Gasteiger partial charge in [0, 0.05) is 19.0 Å². The number of aliphatic carboxylic acids is 1. The zero-order chi connectivity index (χ0) is 17.3. The minimum absolute atomic E-state index is 0.0484. The quantitative estimate of drug-likeness (QED) is 0.870. The Morgan fingerprint density at radius 2 is 1.92 bits per heavy atom. The first-order valence-electron chi connectivity index (χ1n) is 9.01. The van der Waals surface area contributed by atoms with Gasteiger partial charge < -0.3 is 10.0 Å². The normalized spacial score (nSPS) is 26.8. The summed E-state index contributed by atoms with van der Waals surface area (Å²) < 4.78 is 0. The number of amides is 1. The highest BCUT2D eigenvalue weighted by Crippen LogP contribution is 2.51. The number of benzene rings is 1. The Bertz CT molecular complexity index is 598. The monoisotopic (exact) mass is 329 g/mol. The van der Waals surface area contributed by atoms with Crippen LogP contribution in [0.15, 0.2) is 30.3 Å². The van der Waals surface area contributed by atoms with Gasteiger partial charge in [0.2, 0.25) is 5.91 Å². The third-order valence-corrected chi connectivity index (χ3v) is 5.63. The van der Waals surface area contributed by atoms with Gasteiger partial charge in [0.25, 0.3) is 0 Å². The lowest BCUT2D eigenvalue weighted by atomic mass is 9.64. The van der Waals surface area contributed by atoms with Gasteiger partial charge in [-0.3, -0.25) is 9.59 Å². The topological polar surface area (TPSA) is 57.6 Å². The zero-order valence-electron chi connectivity index (χ0n) is 14.5. The molecule has 1 saturated heterocycles. The van der Waals surface area contributed by atoms with E-state index < -0.39 is 5.97 Å². The number of carboxylic acid groups (broad SMARTS) is 1. The van der Waals surface area contributed by atoms with E-state index in [-0.39, 0.29) is 18.2 Å². The second kappa shape index (κ2) is 6.96. The van der Waals surface area contributed by atoms with Crippen molar-refractivity contribution in [3.05, 3.63) is 35.9 Å². The summed E-state index contributed by atoms with van der Waals surface area (Å²) in [5, 5.41) is 9.12. The molecule has 1 N–H and O–H groups in total. The molecule has 1 amide bonds. The molecule has 24 heavy (non-hydrogen) atoms. The fourth-order valence-corrected chi connectivity index (χ4v) is 4.48. The van der Waals surface area contributed by atoms with Crippen LogP contribution < -0.4 is 0 Å². The molecular weight excluding hydrogens is 302 g/mol. The molecule has 0 spiro atoms. The van der Waals surface area contributed by atoms with Crippen molar-refractivity contribution < 1.29 is 14.7 Å². The summed E-state index contributed by atoms with van der Waals surface area (Å²) in [5.74, 6) is 0.803. The highest BCUT2D eigenvalue weighted by atomic mass is 16.4. The molecule has 1 aromatic rings. The molecule has 0 aromatic heterocycles. The van der Waals surface area contributed by atoms with Gasteiger partial charge in [-0.2, -0.15) is 0 Å². The molecule has 1 heterocycles. The van der Waals surface area contributed by atoms with Crippen LogP contribution in [0.5, 0.6) is 0 Å². The molecule has 3 rings (SSSR count). The largest absolute Gasteiger partial charge is 0.481 e. The van der Waals surface area contributed by atoms with Crippen molar-refractivity contribution in [3.63, 3.8) is 0 Å². The Hall–Kier alpha value is -1.84. The third-order valence-electron chi connectivity index (χ3n) is 5.63. The van der Waals surface area contributed by atoms with Crippen LogP contribution in [0, 0.1) is 23.7 Å². The second-order valence-electron chi connectivity index (χ2n) is 7.84. The highest BCUT2D eigenvalue weighted by molar-refractivity contribution is 5.83. The molecule has 130 valence electrons. The van der Waals surface area contributed by atoms with Gasteiger partial charge >= 0.3 is 5.97 Å². The molecule has 1 aromatic carbocycles. The van der Waals surface area contributed by atoms with Gasteiger partial charge in [-0.05, 0) is 42.1 Å². The molecule has 1 aliphatic carbocycles. The maximum Gasteiger partial charge on any atom is 0.304 e. The van der Waals surface area contributed by atoms with Crippen molar-refractivity contribution in [3.8, 4) is 0 Å². The van der Waals surface area contributed by atoms with Crippen molar-refractivity contribution in [2.75, 3.05) is 13.1 Å². The molecular formula is C20H27NO3. The van der Waals surface area contributed by atoms with Gasteiger partial charge in [-0.1, -0.05) is 44.2 Å². The van der Waals surface area contributed by atoms with Crippen molar-refractivity contribution in [2.45, 2.75) is 39.0 Å². The second-order valence-corrected chi connectivity index (χ2v) is 7.84. The van der Waals surface area contributed by atoms with Crippen LogP contribution in [0.4, 0.5) is 0 Å². The van der Waals surface area contributed by atoms with E-state index in [0.717, 1.165) is 19.5 Å². The highest BCUT2D eigenvalue weighted by Gasteiger charge is 2.49. The first-order chi connectivity index (χ1) is 11.5. The van der Waals surface area contributed by atoms with Gasteiger partial charge in [-0.15, -0.1) is 0 Å². The van der Waals surface area contributed by atoms with Crippen LogP contribution in [0.25, 0.3) is 0 Å². The molecule has 4 nitrogen and oxygen atoms in total. The molecule has 1 aliphatic heterocycles. The number of hydrogen-bond donors (Lipinski definition) is 1. The molecule has 4 atom stereocenters. The average molecular weight is 329 g/mol. The van der Waals surface area contributed by atoms with Crippen molar-refractivity contribution in [1.29, 1.82) is 0 Å². The van der Waals surface area contributed by atoms with Gasteiger partial charge in [0.15, 0.2) is 0 Å². The summed E-state index contributed by atoms with van der Waals surface area (Å²) in [7, 11) is 0. The summed E-state index contributed by atoms with van der Waals surface area (Å²) in [6, 6.07) is 10.5. The van der Waals surface area contributed by atoms with Crippen LogP contribution in [0.1, 0.15) is 44.6 Å². The fraction of sp³-hybridized carbons (Fsp3) is 0.600. The van der Waals surface area contributed by atoms with E-state index in [1.807, 2.05) is 24.8 Å². The predicted octanol–water partition coefficient (Wildman–Crippen LogP) is 3.39. The summed E-state index contributed by atoms with van der Waals surface area (Å²) >= 11 is 0. The van der Waals surface area contributed by atoms with Crippen molar-refractivity contribution >= 4 is 11.9 Å². The maximum atomic E-state index is 12.8. The van der Waals surface area contributed by atoms with Gasteiger partial charge in [0.1, 0.15) is 0 Å². The van der Waals surface area contributed by atoms with Crippen LogP contribution >= 0.6 is 0 Å². The number of rotatable bonds is 6. The summed E-state index contributed by atoms with van der Waals surface area (Å²) in [5.41, 5.74) is 1.37. The van der Waals surface area contributed by atoms with E-state index in [0.29, 0.717) is 30.1 Å². The number of fused-ring (bicyclic) bond motifs is 1. The van der Waals surface area contributed by atoms with E-state index in [9.17, 15) is 9.59 Å². The number of likely N-dealkylation sites (tertiary alicyclic amines) is 1. The van der Waals surface area contributed by atoms with E-state index in [4.69, 9.17) is 5.11 Å². The fourth-order valence-electron chi connectivity index (χ4n) is 4.48. The van der Waals surface area contributed by atoms with E-state index in [2.05, 4.69) is 24.3 Å². The van der Waals surface area contributed by atoms with E-state index in [1.54, 1.807) is 0 Å². The minimum Gasteiger partial charge on any atom is -0.481 e. The summed E-state index contributed by atoms with van der Waals surface area (Å²) in [4.78, 5) is 25.9. The van der Waals surface area contributed by atoms with Gasteiger partial charge in [0.05, 0.1) is 6.42 Å². The third kappa shape index (κ3) is 3.47. The lowest BCUT2D eigenvalue weighted by molar-refractivity contribution is -0.144. The van der Waals surface area contributed by atoms with E-state index in [1.165, 1.54) is 5.56 Å². The Balaban J connectivity index is 1.64. The Labute approximate surface area is 143 Å².